The topological polar surface area (TPSA) is 81.8 Å². The SMILES string of the molecule is Cc1c(C(=O)NCc2ccccc2-n2cccn2)sc2nc3n(c(=O)c12)CCCCC3. The van der Waals surface area contributed by atoms with Gasteiger partial charge in [-0.1, -0.05) is 24.6 Å². The van der Waals surface area contributed by atoms with Crippen LogP contribution in [0.3, 0.4) is 0 Å². The highest BCUT2D eigenvalue weighted by molar-refractivity contribution is 7.20. The van der Waals surface area contributed by atoms with E-state index in [1.807, 2.05) is 43.5 Å². The number of benzene rings is 1. The minimum Gasteiger partial charge on any atom is -0.347 e. The van der Waals surface area contributed by atoms with Crippen molar-refractivity contribution >= 4 is 27.5 Å². The van der Waals surface area contributed by atoms with Gasteiger partial charge < -0.3 is 5.32 Å². The van der Waals surface area contributed by atoms with Gasteiger partial charge in [-0.25, -0.2) is 9.67 Å². The molecule has 0 aliphatic carbocycles. The van der Waals surface area contributed by atoms with E-state index in [0.717, 1.165) is 48.3 Å². The van der Waals surface area contributed by atoms with E-state index in [4.69, 9.17) is 4.98 Å². The van der Waals surface area contributed by atoms with E-state index in [0.29, 0.717) is 28.2 Å². The van der Waals surface area contributed by atoms with Crippen molar-refractivity contribution in [2.24, 2.45) is 0 Å². The van der Waals surface area contributed by atoms with E-state index in [2.05, 4.69) is 10.4 Å². The molecule has 3 aromatic heterocycles. The van der Waals surface area contributed by atoms with Gasteiger partial charge in [0.15, 0.2) is 0 Å². The molecule has 1 amide bonds. The number of hydrogen-bond acceptors (Lipinski definition) is 5. The van der Waals surface area contributed by atoms with Crippen molar-refractivity contribution in [2.45, 2.75) is 45.7 Å². The second-order valence-electron chi connectivity index (χ2n) is 7.79. The summed E-state index contributed by atoms with van der Waals surface area (Å²) in [5, 5.41) is 7.88. The van der Waals surface area contributed by atoms with E-state index in [1.165, 1.54) is 11.3 Å². The van der Waals surface area contributed by atoms with Gasteiger partial charge in [0.1, 0.15) is 10.7 Å². The number of aryl methyl sites for hydroxylation is 2. The molecule has 0 fully saturated rings. The number of fused-ring (bicyclic) bond motifs is 2. The van der Waals surface area contributed by atoms with Crippen molar-refractivity contribution in [3.05, 3.63) is 74.9 Å². The number of nitrogens with one attached hydrogen (secondary N) is 1. The van der Waals surface area contributed by atoms with Gasteiger partial charge in [-0.15, -0.1) is 11.3 Å². The Morgan fingerprint density at radius 2 is 2.06 bits per heavy atom. The molecule has 1 N–H and O–H groups in total. The van der Waals surface area contributed by atoms with Crippen LogP contribution in [-0.4, -0.2) is 25.2 Å². The van der Waals surface area contributed by atoms with Crippen LogP contribution < -0.4 is 10.9 Å². The number of carbonyl (C=O) groups is 1. The molecule has 158 valence electrons. The van der Waals surface area contributed by atoms with Crippen molar-refractivity contribution in [2.75, 3.05) is 0 Å². The van der Waals surface area contributed by atoms with Crippen molar-refractivity contribution in [3.63, 3.8) is 0 Å². The lowest BCUT2D eigenvalue weighted by atomic mass is 10.1. The third-order valence-corrected chi connectivity index (χ3v) is 6.98. The summed E-state index contributed by atoms with van der Waals surface area (Å²) >= 11 is 1.31. The number of para-hydroxylation sites is 1. The predicted octanol–water partition coefficient (Wildman–Crippen LogP) is 3.61. The zero-order valence-electron chi connectivity index (χ0n) is 17.3. The van der Waals surface area contributed by atoms with Crippen LogP contribution >= 0.6 is 11.3 Å². The van der Waals surface area contributed by atoms with Gasteiger partial charge in [0, 0.05) is 31.9 Å². The third-order valence-electron chi connectivity index (χ3n) is 5.80. The Hall–Kier alpha value is -3.26. The van der Waals surface area contributed by atoms with Gasteiger partial charge in [0.2, 0.25) is 0 Å². The van der Waals surface area contributed by atoms with Crippen LogP contribution in [0, 0.1) is 6.92 Å². The zero-order valence-corrected chi connectivity index (χ0v) is 18.1. The molecule has 7 nitrogen and oxygen atoms in total. The molecule has 0 saturated heterocycles. The van der Waals surface area contributed by atoms with Crippen molar-refractivity contribution in [1.29, 1.82) is 0 Å². The van der Waals surface area contributed by atoms with Crippen LogP contribution in [0.2, 0.25) is 0 Å². The van der Waals surface area contributed by atoms with E-state index in [-0.39, 0.29) is 11.5 Å². The highest BCUT2D eigenvalue weighted by atomic mass is 32.1. The Kier molecular flexibility index (Phi) is 5.15. The molecule has 0 atom stereocenters. The average molecular weight is 434 g/mol. The Morgan fingerprint density at radius 1 is 1.19 bits per heavy atom. The van der Waals surface area contributed by atoms with Crippen LogP contribution in [0.1, 0.15) is 45.9 Å². The summed E-state index contributed by atoms with van der Waals surface area (Å²) in [5.74, 6) is 0.659. The summed E-state index contributed by atoms with van der Waals surface area (Å²) in [7, 11) is 0. The third kappa shape index (κ3) is 3.57. The van der Waals surface area contributed by atoms with Crippen LogP contribution in [0.4, 0.5) is 0 Å². The van der Waals surface area contributed by atoms with E-state index < -0.39 is 0 Å². The van der Waals surface area contributed by atoms with Gasteiger partial charge in [0.05, 0.1) is 16.0 Å². The first-order valence-electron chi connectivity index (χ1n) is 10.5. The maximum absolute atomic E-state index is 13.1. The molecule has 0 saturated carbocycles. The number of aromatic nitrogens is 4. The largest absolute Gasteiger partial charge is 0.347 e. The lowest BCUT2D eigenvalue weighted by Gasteiger charge is -2.10. The number of thiophene rings is 1. The first kappa shape index (κ1) is 19.7. The highest BCUT2D eigenvalue weighted by Crippen LogP contribution is 2.28. The monoisotopic (exact) mass is 433 g/mol. The number of carbonyl (C=O) groups excluding carboxylic acids is 1. The lowest BCUT2D eigenvalue weighted by Crippen LogP contribution is -2.25. The van der Waals surface area contributed by atoms with E-state index >= 15 is 0 Å². The molecular formula is C23H23N5O2S. The minimum atomic E-state index is -0.185. The molecule has 0 unspecified atom stereocenters. The Bertz CT molecular complexity index is 1320. The molecule has 0 spiro atoms. The fourth-order valence-electron chi connectivity index (χ4n) is 4.18. The summed E-state index contributed by atoms with van der Waals surface area (Å²) in [6.07, 6.45) is 7.57. The van der Waals surface area contributed by atoms with Gasteiger partial charge >= 0.3 is 0 Å². The first-order chi connectivity index (χ1) is 15.1. The minimum absolute atomic E-state index is 0.0151. The number of rotatable bonds is 4. The van der Waals surface area contributed by atoms with Gasteiger partial charge in [-0.2, -0.15) is 5.10 Å². The molecule has 5 rings (SSSR count). The molecule has 0 bridgehead atoms. The predicted molar refractivity (Wildman–Crippen MR) is 121 cm³/mol. The molecular weight excluding hydrogens is 410 g/mol. The molecule has 1 aliphatic heterocycles. The number of nitrogens with zero attached hydrogens (tertiary/aromatic N) is 4. The van der Waals surface area contributed by atoms with E-state index in [9.17, 15) is 9.59 Å². The summed E-state index contributed by atoms with van der Waals surface area (Å²) in [4.78, 5) is 32.1. The smallest absolute Gasteiger partial charge is 0.262 e. The second-order valence-corrected chi connectivity index (χ2v) is 8.79. The van der Waals surface area contributed by atoms with Gasteiger partial charge in [-0.05, 0) is 43.0 Å². The second kappa shape index (κ2) is 8.11. The maximum Gasteiger partial charge on any atom is 0.262 e. The fourth-order valence-corrected chi connectivity index (χ4v) is 5.28. The van der Waals surface area contributed by atoms with Crippen LogP contribution in [0.25, 0.3) is 15.9 Å². The molecule has 0 radical (unpaired) electrons. The van der Waals surface area contributed by atoms with E-state index in [1.54, 1.807) is 15.4 Å². The summed E-state index contributed by atoms with van der Waals surface area (Å²) in [6.45, 7) is 2.92. The van der Waals surface area contributed by atoms with Crippen molar-refractivity contribution in [1.82, 2.24) is 24.6 Å². The molecule has 8 heteroatoms. The molecule has 1 aliphatic rings. The normalized spacial score (nSPS) is 13.7. The summed E-state index contributed by atoms with van der Waals surface area (Å²) in [5.41, 5.74) is 2.58. The van der Waals surface area contributed by atoms with Crippen LogP contribution in [0.5, 0.6) is 0 Å². The summed E-state index contributed by atoms with van der Waals surface area (Å²) in [6, 6.07) is 9.69. The number of hydrogen-bond donors (Lipinski definition) is 1. The van der Waals surface area contributed by atoms with Crippen molar-refractivity contribution in [3.8, 4) is 5.69 Å². The Balaban J connectivity index is 1.44. The molecule has 31 heavy (non-hydrogen) atoms. The van der Waals surface area contributed by atoms with Gasteiger partial charge in [0.25, 0.3) is 11.5 Å². The Labute approximate surface area is 183 Å². The molecule has 4 heterocycles. The Morgan fingerprint density at radius 3 is 2.90 bits per heavy atom. The molecule has 4 aromatic rings. The van der Waals surface area contributed by atoms with Gasteiger partial charge in [-0.3, -0.25) is 14.2 Å². The first-order valence-corrected chi connectivity index (χ1v) is 11.3. The van der Waals surface area contributed by atoms with Crippen LogP contribution in [-0.2, 0) is 19.5 Å². The average Bonchev–Trinajstić information content (AvgIpc) is 3.35. The summed E-state index contributed by atoms with van der Waals surface area (Å²) < 4.78 is 3.58. The zero-order chi connectivity index (χ0) is 21.4. The maximum atomic E-state index is 13.1. The van der Waals surface area contributed by atoms with Crippen LogP contribution in [0.15, 0.2) is 47.5 Å². The van der Waals surface area contributed by atoms with Crippen molar-refractivity contribution < 1.29 is 4.79 Å². The standard InChI is InChI=1S/C23H23N5O2S/c1-15-19-22(26-18-10-3-2-6-12-27(18)23(19)30)31-20(15)21(29)24-14-16-8-4-5-9-17(16)28-13-7-11-25-28/h4-5,7-9,11,13H,2-3,6,10,12,14H2,1H3,(H,24,29). The quantitative estimate of drug-likeness (QED) is 0.533. The highest BCUT2D eigenvalue weighted by Gasteiger charge is 2.22. The number of amides is 1. The fraction of sp³-hybridized carbons (Fsp3) is 0.304. The lowest BCUT2D eigenvalue weighted by molar-refractivity contribution is 0.0954. The molecule has 1 aromatic carbocycles.